The van der Waals surface area contributed by atoms with Gasteiger partial charge in [-0.1, -0.05) is 6.07 Å². The Morgan fingerprint density at radius 3 is 3.27 bits per heavy atom. The van der Waals surface area contributed by atoms with E-state index in [9.17, 15) is 0 Å². The summed E-state index contributed by atoms with van der Waals surface area (Å²) in [5.41, 5.74) is 0. The Balaban J connectivity index is 1.66. The molecule has 0 unspecified atom stereocenters. The molecule has 60 valence electrons. The molecule has 3 heteroatoms. The topological polar surface area (TPSA) is 21.8 Å². The molecule has 2 rings (SSSR count). The van der Waals surface area contributed by atoms with Crippen molar-refractivity contribution in [3.05, 3.63) is 22.4 Å². The van der Waals surface area contributed by atoms with Crippen LogP contribution in [0.1, 0.15) is 4.88 Å². The second-order valence-electron chi connectivity index (χ2n) is 2.55. The number of hydrogen-bond donors (Lipinski definition) is 0. The Morgan fingerprint density at radius 2 is 2.64 bits per heavy atom. The van der Waals surface area contributed by atoms with Gasteiger partial charge in [-0.15, -0.1) is 11.3 Å². The molecule has 0 saturated carbocycles. The summed E-state index contributed by atoms with van der Waals surface area (Å²) in [6, 6.07) is 4.12. The molecule has 1 aromatic heterocycles. The highest BCUT2D eigenvalue weighted by Gasteiger charge is 2.22. The lowest BCUT2D eigenvalue weighted by molar-refractivity contribution is 0.106. The number of thiophene rings is 1. The summed E-state index contributed by atoms with van der Waals surface area (Å²) < 4.78 is 10.4. The summed E-state index contributed by atoms with van der Waals surface area (Å²) in [7, 11) is 0. The largest absolute Gasteiger partial charge is 0.373 e. The van der Waals surface area contributed by atoms with E-state index in [1.165, 1.54) is 4.88 Å². The zero-order valence-corrected chi connectivity index (χ0v) is 6.97. The number of ether oxygens (including phenoxy) is 2. The van der Waals surface area contributed by atoms with E-state index in [0.29, 0.717) is 6.10 Å². The molecule has 0 spiro atoms. The van der Waals surface area contributed by atoms with Gasteiger partial charge in [0.15, 0.2) is 0 Å². The van der Waals surface area contributed by atoms with Gasteiger partial charge in [0.25, 0.3) is 0 Å². The molecule has 2 heterocycles. The van der Waals surface area contributed by atoms with Gasteiger partial charge in [0.05, 0.1) is 19.8 Å². The van der Waals surface area contributed by atoms with Crippen LogP contribution in [0.5, 0.6) is 0 Å². The molecule has 2 nitrogen and oxygen atoms in total. The van der Waals surface area contributed by atoms with Crippen LogP contribution in [0.3, 0.4) is 0 Å². The Hall–Kier alpha value is -0.380. The molecule has 0 amide bonds. The maximum absolute atomic E-state index is 5.39. The van der Waals surface area contributed by atoms with Crippen LogP contribution in [-0.4, -0.2) is 19.3 Å². The maximum atomic E-state index is 5.39. The van der Waals surface area contributed by atoms with Crippen LogP contribution in [0.25, 0.3) is 0 Å². The van der Waals surface area contributed by atoms with Gasteiger partial charge in [-0.25, -0.2) is 0 Å². The molecule has 1 fully saturated rings. The Morgan fingerprint density at radius 1 is 1.73 bits per heavy atom. The summed E-state index contributed by atoms with van der Waals surface area (Å²) in [4.78, 5) is 1.28. The molecule has 1 saturated heterocycles. The second kappa shape index (κ2) is 3.34. The number of epoxide rings is 1. The average Bonchev–Trinajstić information content (AvgIpc) is 2.66. The summed E-state index contributed by atoms with van der Waals surface area (Å²) in [5, 5.41) is 2.06. The van der Waals surface area contributed by atoms with Gasteiger partial charge >= 0.3 is 0 Å². The maximum Gasteiger partial charge on any atom is 0.104 e. The van der Waals surface area contributed by atoms with E-state index in [2.05, 4.69) is 11.4 Å². The summed E-state index contributed by atoms with van der Waals surface area (Å²) in [6.07, 6.45) is 0.384. The van der Waals surface area contributed by atoms with Gasteiger partial charge < -0.3 is 9.47 Å². The molecule has 1 aromatic rings. The molecule has 0 N–H and O–H groups in total. The predicted molar refractivity (Wildman–Crippen MR) is 43.7 cm³/mol. The number of hydrogen-bond acceptors (Lipinski definition) is 3. The Bertz CT molecular complexity index is 204. The molecule has 1 aliphatic heterocycles. The summed E-state index contributed by atoms with van der Waals surface area (Å²) in [5.74, 6) is 0. The van der Waals surface area contributed by atoms with Crippen molar-refractivity contribution in [3.8, 4) is 0 Å². The summed E-state index contributed by atoms with van der Waals surface area (Å²) in [6.45, 7) is 2.36. The van der Waals surface area contributed by atoms with Gasteiger partial charge in [0.1, 0.15) is 6.10 Å². The SMILES string of the molecule is c1csc(COC[C@H]2CO2)c1. The van der Waals surface area contributed by atoms with Crippen LogP contribution >= 0.6 is 11.3 Å². The molecular weight excluding hydrogens is 160 g/mol. The van der Waals surface area contributed by atoms with E-state index in [4.69, 9.17) is 9.47 Å². The van der Waals surface area contributed by atoms with Crippen molar-refractivity contribution < 1.29 is 9.47 Å². The molecule has 0 aromatic carbocycles. The van der Waals surface area contributed by atoms with Crippen molar-refractivity contribution in [3.63, 3.8) is 0 Å². The highest BCUT2D eigenvalue weighted by Crippen LogP contribution is 2.13. The van der Waals surface area contributed by atoms with Crippen LogP contribution in [-0.2, 0) is 16.1 Å². The second-order valence-corrected chi connectivity index (χ2v) is 3.58. The zero-order chi connectivity index (χ0) is 7.52. The highest BCUT2D eigenvalue weighted by atomic mass is 32.1. The fraction of sp³-hybridized carbons (Fsp3) is 0.500. The molecule has 1 aliphatic rings. The van der Waals surface area contributed by atoms with Crippen LogP contribution in [0.2, 0.25) is 0 Å². The van der Waals surface area contributed by atoms with Crippen LogP contribution in [0.4, 0.5) is 0 Å². The Labute approximate surface area is 69.8 Å². The molecular formula is C8H10O2S. The fourth-order valence-electron chi connectivity index (χ4n) is 0.850. The first kappa shape index (κ1) is 7.28. The highest BCUT2D eigenvalue weighted by molar-refractivity contribution is 7.09. The van der Waals surface area contributed by atoms with Gasteiger partial charge in [0.2, 0.25) is 0 Å². The molecule has 0 aliphatic carbocycles. The van der Waals surface area contributed by atoms with Crippen molar-refractivity contribution in [2.75, 3.05) is 13.2 Å². The van der Waals surface area contributed by atoms with E-state index < -0.39 is 0 Å². The zero-order valence-electron chi connectivity index (χ0n) is 6.16. The van der Waals surface area contributed by atoms with Gasteiger partial charge in [-0.2, -0.15) is 0 Å². The van der Waals surface area contributed by atoms with E-state index >= 15 is 0 Å². The first-order valence-electron chi connectivity index (χ1n) is 3.67. The third-order valence-corrected chi connectivity index (χ3v) is 2.38. The minimum atomic E-state index is 0.384. The monoisotopic (exact) mass is 170 g/mol. The molecule has 1 atom stereocenters. The fourth-order valence-corrected chi connectivity index (χ4v) is 1.49. The van der Waals surface area contributed by atoms with Crippen LogP contribution < -0.4 is 0 Å². The van der Waals surface area contributed by atoms with E-state index in [0.717, 1.165) is 19.8 Å². The normalized spacial score (nSPS) is 22.0. The van der Waals surface area contributed by atoms with Gasteiger partial charge in [-0.05, 0) is 11.4 Å². The van der Waals surface area contributed by atoms with E-state index in [1.54, 1.807) is 11.3 Å². The summed E-state index contributed by atoms with van der Waals surface area (Å²) >= 11 is 1.73. The average molecular weight is 170 g/mol. The molecule has 0 bridgehead atoms. The minimum Gasteiger partial charge on any atom is -0.373 e. The lowest BCUT2D eigenvalue weighted by atomic mass is 10.5. The molecule has 11 heavy (non-hydrogen) atoms. The Kier molecular flexibility index (Phi) is 2.21. The van der Waals surface area contributed by atoms with Crippen molar-refractivity contribution in [2.45, 2.75) is 12.7 Å². The quantitative estimate of drug-likeness (QED) is 0.641. The van der Waals surface area contributed by atoms with Crippen molar-refractivity contribution >= 4 is 11.3 Å². The van der Waals surface area contributed by atoms with E-state index in [-0.39, 0.29) is 0 Å². The van der Waals surface area contributed by atoms with Crippen molar-refractivity contribution in [2.24, 2.45) is 0 Å². The lowest BCUT2D eigenvalue weighted by Gasteiger charge is -1.97. The van der Waals surface area contributed by atoms with Gasteiger partial charge in [-0.3, -0.25) is 0 Å². The third-order valence-electron chi connectivity index (χ3n) is 1.53. The standard InChI is InChI=1S/C8H10O2S/c1-2-8(11-3-1)6-9-4-7-5-10-7/h1-3,7H,4-6H2/t7-/m0/s1. The third kappa shape index (κ3) is 2.29. The van der Waals surface area contributed by atoms with Crippen LogP contribution in [0, 0.1) is 0 Å². The minimum absolute atomic E-state index is 0.384. The smallest absolute Gasteiger partial charge is 0.104 e. The van der Waals surface area contributed by atoms with E-state index in [1.807, 2.05) is 6.07 Å². The van der Waals surface area contributed by atoms with Crippen molar-refractivity contribution in [1.29, 1.82) is 0 Å². The first-order valence-corrected chi connectivity index (χ1v) is 4.55. The molecule has 0 radical (unpaired) electrons. The van der Waals surface area contributed by atoms with Crippen LogP contribution in [0.15, 0.2) is 17.5 Å². The van der Waals surface area contributed by atoms with Gasteiger partial charge in [0, 0.05) is 4.88 Å². The number of rotatable bonds is 4. The predicted octanol–water partition coefficient (Wildman–Crippen LogP) is 1.66. The first-order chi connectivity index (χ1) is 5.45. The van der Waals surface area contributed by atoms with Crippen molar-refractivity contribution in [1.82, 2.24) is 0 Å². The lowest BCUT2D eigenvalue weighted by Crippen LogP contribution is -1.99.